The van der Waals surface area contributed by atoms with Crippen LogP contribution in [0.25, 0.3) is 11.3 Å². The van der Waals surface area contributed by atoms with E-state index in [9.17, 15) is 19.2 Å². The van der Waals surface area contributed by atoms with Crippen molar-refractivity contribution >= 4 is 23.6 Å². The molecule has 3 N–H and O–H groups in total. The van der Waals surface area contributed by atoms with Gasteiger partial charge in [-0.1, -0.05) is 79.7 Å². The molecule has 14 heteroatoms. The lowest BCUT2D eigenvalue weighted by atomic mass is 10.0. The molecule has 4 amide bonds. The second-order valence-electron chi connectivity index (χ2n) is 12.9. The second kappa shape index (κ2) is 14.8. The third-order valence-corrected chi connectivity index (χ3v) is 8.50. The van der Waals surface area contributed by atoms with Crippen LogP contribution >= 0.6 is 0 Å². The fourth-order valence-electron chi connectivity index (χ4n) is 5.96. The van der Waals surface area contributed by atoms with Crippen LogP contribution in [-0.2, 0) is 4.79 Å². The fraction of sp³-hybridized carbons (Fsp3) is 0.324. The molecule has 264 valence electrons. The quantitative estimate of drug-likeness (QED) is 0.219. The topological polar surface area (TPSA) is 186 Å². The Morgan fingerprint density at radius 1 is 0.882 bits per heavy atom. The zero-order chi connectivity index (χ0) is 36.2. The molecule has 0 radical (unpaired) electrons. The number of oxazole rings is 2. The number of carbonyl (C=O) groups is 4. The highest BCUT2D eigenvalue weighted by molar-refractivity contribution is 6.02. The van der Waals surface area contributed by atoms with Gasteiger partial charge in [-0.15, -0.1) is 0 Å². The van der Waals surface area contributed by atoms with E-state index in [0.29, 0.717) is 23.2 Å². The second-order valence-corrected chi connectivity index (χ2v) is 12.9. The maximum absolute atomic E-state index is 14.6. The molecule has 0 saturated carbocycles. The van der Waals surface area contributed by atoms with E-state index >= 15 is 0 Å². The lowest BCUT2D eigenvalue weighted by molar-refractivity contribution is -0.122. The van der Waals surface area contributed by atoms with E-state index in [1.54, 1.807) is 20.8 Å². The molecule has 0 aliphatic carbocycles. The number of hydrogen-bond donors (Lipinski definition) is 3. The van der Waals surface area contributed by atoms with Crippen molar-refractivity contribution in [1.29, 1.82) is 0 Å². The van der Waals surface area contributed by atoms with Gasteiger partial charge in [-0.2, -0.15) is 0 Å². The van der Waals surface area contributed by atoms with Crippen LogP contribution in [0.5, 0.6) is 0 Å². The van der Waals surface area contributed by atoms with E-state index in [0.717, 1.165) is 0 Å². The third kappa shape index (κ3) is 7.74. The van der Waals surface area contributed by atoms with Crippen LogP contribution in [-0.4, -0.2) is 56.7 Å². The van der Waals surface area contributed by atoms with E-state index in [1.807, 2.05) is 74.5 Å². The molecule has 51 heavy (non-hydrogen) atoms. The number of aryl methyl sites for hydroxylation is 2. The normalized spacial score (nSPS) is 18.8. The molecule has 0 saturated heterocycles. The Balaban J connectivity index is 1.45. The SMILES string of the molecule is Cc1oc2nc1C(=O)N[C@@H](c1ccccc1)CN(C(=O)c1c(-c3ccccc3)noc1C)CC(=O)N[C@H](CC(C)C)c1nc(co1)C(=O)N[C@H]2C. The summed E-state index contributed by atoms with van der Waals surface area (Å²) in [5.41, 5.74) is 1.83. The van der Waals surface area contributed by atoms with Crippen molar-refractivity contribution < 1.29 is 32.5 Å². The molecular formula is C37H39N7O7. The largest absolute Gasteiger partial charge is 0.446 e. The van der Waals surface area contributed by atoms with Gasteiger partial charge in [-0.25, -0.2) is 9.97 Å². The highest BCUT2D eigenvalue weighted by Gasteiger charge is 2.33. The molecule has 6 rings (SSSR count). The van der Waals surface area contributed by atoms with Gasteiger partial charge < -0.3 is 34.2 Å². The number of fused-ring (bicyclic) bond motifs is 4. The Hall–Kier alpha value is -6.05. The number of hydrogen-bond acceptors (Lipinski definition) is 10. The molecular weight excluding hydrogens is 654 g/mol. The highest BCUT2D eigenvalue weighted by atomic mass is 16.5. The Labute approximate surface area is 294 Å². The van der Waals surface area contributed by atoms with E-state index in [2.05, 4.69) is 31.1 Å². The molecule has 3 aromatic heterocycles. The molecule has 1 aliphatic heterocycles. The molecule has 3 atom stereocenters. The van der Waals surface area contributed by atoms with Crippen LogP contribution in [0, 0.1) is 19.8 Å². The Bertz CT molecular complexity index is 2030. The summed E-state index contributed by atoms with van der Waals surface area (Å²) in [6.45, 7) is 8.32. The van der Waals surface area contributed by atoms with Gasteiger partial charge in [0.2, 0.25) is 17.7 Å². The van der Waals surface area contributed by atoms with Gasteiger partial charge in [0.15, 0.2) is 11.4 Å². The number of aromatic nitrogens is 3. The van der Waals surface area contributed by atoms with E-state index in [1.165, 1.54) is 11.2 Å². The van der Waals surface area contributed by atoms with Gasteiger partial charge in [0.25, 0.3) is 17.7 Å². The van der Waals surface area contributed by atoms with Crippen LogP contribution in [0.15, 0.2) is 80.3 Å². The molecule has 2 aromatic carbocycles. The average Bonchev–Trinajstić information content (AvgIpc) is 3.86. The van der Waals surface area contributed by atoms with Gasteiger partial charge >= 0.3 is 0 Å². The minimum absolute atomic E-state index is 0.00487. The number of nitrogens with one attached hydrogen (secondary N) is 3. The van der Waals surface area contributed by atoms with E-state index in [4.69, 9.17) is 13.4 Å². The average molecular weight is 694 g/mol. The van der Waals surface area contributed by atoms with Crippen LogP contribution in [0.1, 0.15) is 106 Å². The molecule has 5 aromatic rings. The summed E-state index contributed by atoms with van der Waals surface area (Å²) in [6.07, 6.45) is 1.65. The predicted octanol–water partition coefficient (Wildman–Crippen LogP) is 5.26. The maximum atomic E-state index is 14.6. The summed E-state index contributed by atoms with van der Waals surface area (Å²) in [5, 5.41) is 12.9. The van der Waals surface area contributed by atoms with E-state index < -0.39 is 48.3 Å². The molecule has 4 heterocycles. The fourth-order valence-corrected chi connectivity index (χ4v) is 5.96. The summed E-state index contributed by atoms with van der Waals surface area (Å²) in [5.74, 6) is -1.33. The summed E-state index contributed by atoms with van der Waals surface area (Å²) in [4.78, 5) is 65.8. The van der Waals surface area contributed by atoms with Crippen molar-refractivity contribution in [2.45, 2.75) is 59.2 Å². The molecule has 0 fully saturated rings. The molecule has 14 nitrogen and oxygen atoms in total. The van der Waals surface area contributed by atoms with Crippen molar-refractivity contribution in [2.75, 3.05) is 13.1 Å². The first-order valence-electron chi connectivity index (χ1n) is 16.7. The summed E-state index contributed by atoms with van der Waals surface area (Å²) < 4.78 is 17.1. The molecule has 4 bridgehead atoms. The lowest BCUT2D eigenvalue weighted by Gasteiger charge is -2.29. The Kier molecular flexibility index (Phi) is 10.1. The Morgan fingerprint density at radius 2 is 1.59 bits per heavy atom. The Morgan fingerprint density at radius 3 is 2.29 bits per heavy atom. The lowest BCUT2D eigenvalue weighted by Crippen LogP contribution is -2.46. The molecule has 1 aliphatic rings. The minimum atomic E-state index is -0.799. The number of nitrogens with zero attached hydrogens (tertiary/aromatic N) is 4. The zero-order valence-corrected chi connectivity index (χ0v) is 28.9. The third-order valence-electron chi connectivity index (χ3n) is 8.50. The number of benzene rings is 2. The standard InChI is InChI=1S/C37H39N7O7/c1-20(2)16-26-36-41-28(19-49-36)33(46)38-21(3)35-42-31(23(5)50-35)34(47)40-27(24-12-8-6-9-13-24)17-44(18-29(45)39-26)37(48)30-22(4)51-43-32(30)25-14-10-7-11-15-25/h6-15,19-21,26-27H,16-18H2,1-5H3,(H,38,46)(H,39,45)(H,40,47)/t21-,26+,27+/m0/s1. The highest BCUT2D eigenvalue weighted by Crippen LogP contribution is 2.28. The van der Waals surface area contributed by atoms with E-state index in [-0.39, 0.29) is 52.7 Å². The zero-order valence-electron chi connectivity index (χ0n) is 28.9. The van der Waals surface area contributed by atoms with Gasteiger partial charge in [-0.3, -0.25) is 19.2 Å². The summed E-state index contributed by atoms with van der Waals surface area (Å²) in [7, 11) is 0. The molecule has 0 spiro atoms. The van der Waals surface area contributed by atoms with Gasteiger partial charge in [-0.05, 0) is 38.7 Å². The first-order chi connectivity index (χ1) is 24.5. The monoisotopic (exact) mass is 693 g/mol. The van der Waals surface area contributed by atoms with Crippen molar-refractivity contribution in [2.24, 2.45) is 5.92 Å². The van der Waals surface area contributed by atoms with Crippen LogP contribution in [0.4, 0.5) is 0 Å². The number of carbonyl (C=O) groups excluding carboxylic acids is 4. The van der Waals surface area contributed by atoms with Gasteiger partial charge in [0, 0.05) is 12.1 Å². The smallest absolute Gasteiger partial charge is 0.274 e. The minimum Gasteiger partial charge on any atom is -0.446 e. The predicted molar refractivity (Wildman–Crippen MR) is 183 cm³/mol. The van der Waals surface area contributed by atoms with Crippen molar-refractivity contribution in [3.63, 3.8) is 0 Å². The van der Waals surface area contributed by atoms with Crippen LogP contribution in [0.2, 0.25) is 0 Å². The summed E-state index contributed by atoms with van der Waals surface area (Å²) >= 11 is 0. The first-order valence-corrected chi connectivity index (χ1v) is 16.7. The first kappa shape index (κ1) is 34.8. The van der Waals surface area contributed by atoms with Gasteiger partial charge in [0.1, 0.15) is 41.1 Å². The van der Waals surface area contributed by atoms with Crippen molar-refractivity contribution in [3.05, 3.63) is 113 Å². The molecule has 0 unspecified atom stereocenters. The van der Waals surface area contributed by atoms with Crippen molar-refractivity contribution in [3.8, 4) is 11.3 Å². The van der Waals surface area contributed by atoms with Crippen LogP contribution in [0.3, 0.4) is 0 Å². The summed E-state index contributed by atoms with van der Waals surface area (Å²) in [6, 6.07) is 16.0. The maximum Gasteiger partial charge on any atom is 0.274 e. The van der Waals surface area contributed by atoms with Gasteiger partial charge in [0.05, 0.1) is 12.6 Å². The number of rotatable bonds is 5. The van der Waals surface area contributed by atoms with Crippen molar-refractivity contribution in [1.82, 2.24) is 36.0 Å². The number of amides is 4. The van der Waals surface area contributed by atoms with Crippen LogP contribution < -0.4 is 16.0 Å².